The van der Waals surface area contributed by atoms with E-state index in [4.69, 9.17) is 4.42 Å². The van der Waals surface area contributed by atoms with E-state index in [1.54, 1.807) is 0 Å². The van der Waals surface area contributed by atoms with Crippen LogP contribution in [-0.4, -0.2) is 22.3 Å². The Morgan fingerprint density at radius 3 is 2.71 bits per heavy atom. The minimum atomic E-state index is 0.509. The fourth-order valence-electron chi connectivity index (χ4n) is 2.42. The molecule has 5 nitrogen and oxygen atoms in total. The second-order valence-corrected chi connectivity index (χ2v) is 5.42. The minimum absolute atomic E-state index is 0.509. The van der Waals surface area contributed by atoms with Crippen LogP contribution in [0, 0.1) is 5.92 Å². The van der Waals surface area contributed by atoms with Gasteiger partial charge in [0.05, 0.1) is 6.54 Å². The van der Waals surface area contributed by atoms with Gasteiger partial charge in [0, 0.05) is 12.1 Å². The number of anilines is 1. The van der Waals surface area contributed by atoms with E-state index in [9.17, 15) is 0 Å². The monoisotopic (exact) mass is 236 g/mol. The molecule has 0 aromatic carbocycles. The standard InChI is InChI=1S/C12H20N4O/c1-8-2-3-10(6-8)14-12-16-15-11(17-12)7-13-9-4-5-9/h8-10,13H,2-7H2,1H3,(H,14,16). The Bertz CT molecular complexity index is 374. The van der Waals surface area contributed by atoms with Crippen molar-refractivity contribution in [1.29, 1.82) is 0 Å². The van der Waals surface area contributed by atoms with Gasteiger partial charge in [-0.25, -0.2) is 0 Å². The first-order valence-electron chi connectivity index (χ1n) is 6.62. The van der Waals surface area contributed by atoms with Gasteiger partial charge >= 0.3 is 6.01 Å². The number of aromatic nitrogens is 2. The molecule has 2 fully saturated rings. The lowest BCUT2D eigenvalue weighted by Crippen LogP contribution is -2.16. The van der Waals surface area contributed by atoms with Crippen LogP contribution in [0.5, 0.6) is 0 Å². The van der Waals surface area contributed by atoms with Crippen molar-refractivity contribution >= 4 is 6.01 Å². The Labute approximate surface area is 101 Å². The molecule has 0 radical (unpaired) electrons. The summed E-state index contributed by atoms with van der Waals surface area (Å²) in [6, 6.07) is 1.76. The molecule has 3 rings (SSSR count). The largest absolute Gasteiger partial charge is 0.407 e. The maximum atomic E-state index is 5.56. The van der Waals surface area contributed by atoms with Gasteiger partial charge in [-0.1, -0.05) is 12.0 Å². The average Bonchev–Trinajstić information content (AvgIpc) is 2.90. The van der Waals surface area contributed by atoms with Crippen molar-refractivity contribution in [3.8, 4) is 0 Å². The summed E-state index contributed by atoms with van der Waals surface area (Å²) in [5.41, 5.74) is 0. The summed E-state index contributed by atoms with van der Waals surface area (Å²) in [6.45, 7) is 2.99. The predicted octanol–water partition coefficient (Wildman–Crippen LogP) is 1.92. The van der Waals surface area contributed by atoms with Crippen LogP contribution in [0.4, 0.5) is 6.01 Å². The van der Waals surface area contributed by atoms with Gasteiger partial charge < -0.3 is 15.1 Å². The Kier molecular flexibility index (Phi) is 3.01. The Morgan fingerprint density at radius 1 is 1.18 bits per heavy atom. The second kappa shape index (κ2) is 4.64. The Morgan fingerprint density at radius 2 is 2.00 bits per heavy atom. The van der Waals surface area contributed by atoms with Crippen molar-refractivity contribution in [2.24, 2.45) is 5.92 Å². The van der Waals surface area contributed by atoms with Crippen molar-refractivity contribution < 1.29 is 4.42 Å². The Balaban J connectivity index is 1.49. The van der Waals surface area contributed by atoms with Crippen molar-refractivity contribution in [3.63, 3.8) is 0 Å². The molecule has 1 aromatic rings. The molecule has 0 aliphatic heterocycles. The third-order valence-corrected chi connectivity index (χ3v) is 3.61. The van der Waals surface area contributed by atoms with Crippen molar-refractivity contribution in [3.05, 3.63) is 5.89 Å². The number of nitrogens with one attached hydrogen (secondary N) is 2. The van der Waals surface area contributed by atoms with Crippen LogP contribution in [-0.2, 0) is 6.54 Å². The second-order valence-electron chi connectivity index (χ2n) is 5.42. The van der Waals surface area contributed by atoms with Crippen LogP contribution in [0.3, 0.4) is 0 Å². The first-order valence-corrected chi connectivity index (χ1v) is 6.62. The molecule has 2 aliphatic carbocycles. The molecule has 0 spiro atoms. The summed E-state index contributed by atoms with van der Waals surface area (Å²) in [6.07, 6.45) is 6.26. The van der Waals surface area contributed by atoms with Crippen LogP contribution in [0.1, 0.15) is 44.9 Å². The number of rotatable bonds is 5. The molecule has 1 aromatic heterocycles. The van der Waals surface area contributed by atoms with Gasteiger partial charge in [-0.15, -0.1) is 5.10 Å². The first kappa shape index (κ1) is 11.0. The summed E-state index contributed by atoms with van der Waals surface area (Å²) in [4.78, 5) is 0. The summed E-state index contributed by atoms with van der Waals surface area (Å²) in [7, 11) is 0. The normalized spacial score (nSPS) is 28.5. The molecule has 2 aliphatic rings. The summed E-state index contributed by atoms with van der Waals surface area (Å²) < 4.78 is 5.56. The van der Waals surface area contributed by atoms with Crippen LogP contribution >= 0.6 is 0 Å². The van der Waals surface area contributed by atoms with Gasteiger partial charge in [0.1, 0.15) is 0 Å². The summed E-state index contributed by atoms with van der Waals surface area (Å²) >= 11 is 0. The van der Waals surface area contributed by atoms with E-state index >= 15 is 0 Å². The molecule has 5 heteroatoms. The zero-order valence-electron chi connectivity index (χ0n) is 10.3. The summed E-state index contributed by atoms with van der Waals surface area (Å²) in [5.74, 6) is 1.50. The fraction of sp³-hybridized carbons (Fsp3) is 0.833. The number of nitrogens with zero attached hydrogens (tertiary/aromatic N) is 2. The molecule has 94 valence electrons. The molecule has 0 saturated heterocycles. The van der Waals surface area contributed by atoms with Gasteiger partial charge in [-0.2, -0.15) is 0 Å². The molecule has 2 N–H and O–H groups in total. The quantitative estimate of drug-likeness (QED) is 0.817. The Hall–Kier alpha value is -1.10. The average molecular weight is 236 g/mol. The molecule has 2 unspecified atom stereocenters. The van der Waals surface area contributed by atoms with Crippen LogP contribution in [0.15, 0.2) is 4.42 Å². The van der Waals surface area contributed by atoms with Crippen LogP contribution in [0.2, 0.25) is 0 Å². The summed E-state index contributed by atoms with van der Waals surface area (Å²) in [5, 5.41) is 14.8. The number of hydrogen-bond donors (Lipinski definition) is 2. The zero-order valence-corrected chi connectivity index (χ0v) is 10.3. The van der Waals surface area contributed by atoms with E-state index in [-0.39, 0.29) is 0 Å². The van der Waals surface area contributed by atoms with E-state index in [1.807, 2.05) is 0 Å². The van der Waals surface area contributed by atoms with Gasteiger partial charge in [0.2, 0.25) is 5.89 Å². The molecule has 1 heterocycles. The highest BCUT2D eigenvalue weighted by Crippen LogP contribution is 2.27. The lowest BCUT2D eigenvalue weighted by Gasteiger charge is -2.08. The molecule has 2 atom stereocenters. The third-order valence-electron chi connectivity index (χ3n) is 3.61. The highest BCUT2D eigenvalue weighted by atomic mass is 16.4. The van der Waals surface area contributed by atoms with Crippen molar-refractivity contribution in [1.82, 2.24) is 15.5 Å². The lowest BCUT2D eigenvalue weighted by molar-refractivity contribution is 0.470. The van der Waals surface area contributed by atoms with Crippen LogP contribution in [0.25, 0.3) is 0 Å². The fourth-order valence-corrected chi connectivity index (χ4v) is 2.42. The molecule has 17 heavy (non-hydrogen) atoms. The van der Waals surface area contributed by atoms with E-state index in [1.165, 1.54) is 32.1 Å². The molecule has 0 amide bonds. The topological polar surface area (TPSA) is 63.0 Å². The lowest BCUT2D eigenvalue weighted by atomic mass is 10.1. The predicted molar refractivity (Wildman–Crippen MR) is 64.6 cm³/mol. The third kappa shape index (κ3) is 2.97. The molecule has 0 bridgehead atoms. The van der Waals surface area contributed by atoms with E-state index in [0.717, 1.165) is 5.92 Å². The SMILES string of the molecule is CC1CCC(Nc2nnc(CNC3CC3)o2)C1. The minimum Gasteiger partial charge on any atom is -0.407 e. The van der Waals surface area contributed by atoms with Gasteiger partial charge in [-0.3, -0.25) is 0 Å². The molecular weight excluding hydrogens is 216 g/mol. The molecular formula is C12H20N4O. The number of hydrogen-bond acceptors (Lipinski definition) is 5. The highest BCUT2D eigenvalue weighted by Gasteiger charge is 2.23. The maximum absolute atomic E-state index is 5.56. The van der Waals surface area contributed by atoms with E-state index in [2.05, 4.69) is 27.8 Å². The highest BCUT2D eigenvalue weighted by molar-refractivity contribution is 5.20. The molecule has 2 saturated carbocycles. The van der Waals surface area contributed by atoms with Crippen molar-refractivity contribution in [2.45, 2.75) is 57.7 Å². The first-order chi connectivity index (χ1) is 8.29. The van der Waals surface area contributed by atoms with Gasteiger partial charge in [0.15, 0.2) is 0 Å². The maximum Gasteiger partial charge on any atom is 0.315 e. The van der Waals surface area contributed by atoms with E-state index in [0.29, 0.717) is 30.5 Å². The van der Waals surface area contributed by atoms with Crippen LogP contribution < -0.4 is 10.6 Å². The van der Waals surface area contributed by atoms with Gasteiger partial charge in [0.25, 0.3) is 0 Å². The zero-order chi connectivity index (χ0) is 11.7. The van der Waals surface area contributed by atoms with Gasteiger partial charge in [-0.05, 0) is 38.0 Å². The van der Waals surface area contributed by atoms with E-state index < -0.39 is 0 Å². The smallest absolute Gasteiger partial charge is 0.315 e. The van der Waals surface area contributed by atoms with Crippen molar-refractivity contribution in [2.75, 3.05) is 5.32 Å².